The van der Waals surface area contributed by atoms with E-state index in [0.29, 0.717) is 26.9 Å². The van der Waals surface area contributed by atoms with Gasteiger partial charge in [-0.2, -0.15) is 0 Å². The van der Waals surface area contributed by atoms with Gasteiger partial charge in [-0.25, -0.2) is 4.79 Å². The van der Waals surface area contributed by atoms with Crippen molar-refractivity contribution in [2.24, 2.45) is 0 Å². The van der Waals surface area contributed by atoms with Crippen LogP contribution in [0.5, 0.6) is 5.75 Å². The van der Waals surface area contributed by atoms with E-state index in [1.807, 2.05) is 13.8 Å². The lowest BCUT2D eigenvalue weighted by Gasteiger charge is -2.11. The van der Waals surface area contributed by atoms with Crippen molar-refractivity contribution in [3.63, 3.8) is 0 Å². The monoisotopic (exact) mass is 502 g/mol. The lowest BCUT2D eigenvalue weighted by molar-refractivity contribution is -0.384. The van der Waals surface area contributed by atoms with E-state index in [2.05, 4.69) is 5.32 Å². The van der Waals surface area contributed by atoms with Crippen molar-refractivity contribution in [3.8, 4) is 16.9 Å². The number of anilines is 1. The normalized spacial score (nSPS) is 10.6. The molecule has 0 unspecified atom stereocenters. The van der Waals surface area contributed by atoms with Crippen LogP contribution in [-0.2, 0) is 9.53 Å². The van der Waals surface area contributed by atoms with Gasteiger partial charge >= 0.3 is 5.97 Å². The Labute approximate surface area is 205 Å². The summed E-state index contributed by atoms with van der Waals surface area (Å²) in [5.74, 6) is -0.540. The van der Waals surface area contributed by atoms with E-state index in [1.165, 1.54) is 23.5 Å². The molecule has 0 fully saturated rings. The molecule has 3 aromatic rings. The third kappa shape index (κ3) is 5.55. The number of nitrogens with one attached hydrogen (secondary N) is 1. The number of nitro groups is 1. The van der Waals surface area contributed by atoms with Crippen molar-refractivity contribution >= 4 is 45.5 Å². The zero-order valence-corrected chi connectivity index (χ0v) is 20.6. The number of carbonyl (C=O) groups excluding carboxylic acids is 2. The lowest BCUT2D eigenvalue weighted by Crippen LogP contribution is -2.21. The van der Waals surface area contributed by atoms with Gasteiger partial charge in [0.2, 0.25) is 0 Å². The summed E-state index contributed by atoms with van der Waals surface area (Å²) in [6.07, 6.45) is 0. The van der Waals surface area contributed by atoms with Crippen molar-refractivity contribution in [2.75, 3.05) is 18.5 Å². The van der Waals surface area contributed by atoms with E-state index in [-0.39, 0.29) is 24.5 Å². The Kier molecular flexibility index (Phi) is 7.90. The standard InChI is InChI=1S/C24H23ClN2O6S/c1-5-32-24(29)21-20(16-6-8-17(9-7-16)27(30)31)15(4)34-23(21)26-19(28)12-33-18-10-13(2)22(25)14(3)11-18/h6-11H,5,12H2,1-4H3,(H,26,28). The van der Waals surface area contributed by atoms with E-state index in [1.54, 1.807) is 38.1 Å². The maximum atomic E-state index is 12.8. The van der Waals surface area contributed by atoms with Gasteiger partial charge in [-0.1, -0.05) is 11.6 Å². The minimum atomic E-state index is -0.597. The van der Waals surface area contributed by atoms with Gasteiger partial charge < -0.3 is 14.8 Å². The summed E-state index contributed by atoms with van der Waals surface area (Å²) >= 11 is 7.39. The smallest absolute Gasteiger partial charge is 0.341 e. The highest BCUT2D eigenvalue weighted by Gasteiger charge is 2.26. The van der Waals surface area contributed by atoms with Crippen LogP contribution in [0.1, 0.15) is 33.3 Å². The fourth-order valence-corrected chi connectivity index (χ4v) is 4.62. The minimum Gasteiger partial charge on any atom is -0.484 e. The maximum absolute atomic E-state index is 12.8. The number of hydrogen-bond acceptors (Lipinski definition) is 7. The molecule has 0 saturated heterocycles. The molecule has 0 spiro atoms. The summed E-state index contributed by atoms with van der Waals surface area (Å²) in [4.78, 5) is 36.7. The van der Waals surface area contributed by atoms with Gasteiger partial charge in [0.25, 0.3) is 11.6 Å². The molecule has 1 amide bonds. The Morgan fingerprint density at radius 1 is 1.12 bits per heavy atom. The Morgan fingerprint density at radius 3 is 2.29 bits per heavy atom. The first-order valence-electron chi connectivity index (χ1n) is 10.4. The molecular formula is C24H23ClN2O6S. The number of amides is 1. The van der Waals surface area contributed by atoms with E-state index in [0.717, 1.165) is 16.0 Å². The number of non-ortho nitro benzene ring substituents is 1. The lowest BCUT2D eigenvalue weighted by atomic mass is 10.0. The molecule has 1 aromatic heterocycles. The molecule has 0 aliphatic carbocycles. The van der Waals surface area contributed by atoms with Crippen molar-refractivity contribution in [2.45, 2.75) is 27.7 Å². The summed E-state index contributed by atoms with van der Waals surface area (Å²) in [6, 6.07) is 9.35. The molecule has 178 valence electrons. The highest BCUT2D eigenvalue weighted by atomic mass is 35.5. The second-order valence-electron chi connectivity index (χ2n) is 7.47. The van der Waals surface area contributed by atoms with E-state index >= 15 is 0 Å². The van der Waals surface area contributed by atoms with Crippen LogP contribution in [0.15, 0.2) is 36.4 Å². The Morgan fingerprint density at radius 2 is 1.74 bits per heavy atom. The van der Waals surface area contributed by atoms with Crippen LogP contribution in [0.3, 0.4) is 0 Å². The first-order valence-corrected chi connectivity index (χ1v) is 11.6. The summed E-state index contributed by atoms with van der Waals surface area (Å²) in [5.41, 5.74) is 2.97. The number of halogens is 1. The van der Waals surface area contributed by atoms with Gasteiger partial charge in [0.1, 0.15) is 16.3 Å². The van der Waals surface area contributed by atoms with Crippen molar-refractivity contribution in [1.82, 2.24) is 0 Å². The number of esters is 1. The molecule has 0 saturated carbocycles. The first-order chi connectivity index (χ1) is 16.1. The fraction of sp³-hybridized carbons (Fsp3) is 0.250. The van der Waals surface area contributed by atoms with Crippen LogP contribution < -0.4 is 10.1 Å². The number of hydrogen-bond donors (Lipinski definition) is 1. The Balaban J connectivity index is 1.87. The molecule has 34 heavy (non-hydrogen) atoms. The zero-order chi connectivity index (χ0) is 25.0. The number of nitro benzene ring substituents is 1. The molecule has 8 nitrogen and oxygen atoms in total. The molecule has 1 N–H and O–H groups in total. The molecule has 3 rings (SSSR count). The average molecular weight is 503 g/mol. The van der Waals surface area contributed by atoms with Gasteiger partial charge in [-0.15, -0.1) is 11.3 Å². The maximum Gasteiger partial charge on any atom is 0.341 e. The van der Waals surface area contributed by atoms with Crippen LogP contribution in [0.2, 0.25) is 5.02 Å². The summed E-state index contributed by atoms with van der Waals surface area (Å²) in [6.45, 7) is 7.07. The van der Waals surface area contributed by atoms with Crippen molar-refractivity contribution < 1.29 is 24.0 Å². The molecule has 10 heteroatoms. The van der Waals surface area contributed by atoms with Crippen LogP contribution in [-0.4, -0.2) is 30.0 Å². The highest BCUT2D eigenvalue weighted by Crippen LogP contribution is 2.41. The first kappa shape index (κ1) is 25.2. The summed E-state index contributed by atoms with van der Waals surface area (Å²) < 4.78 is 10.8. The van der Waals surface area contributed by atoms with E-state index < -0.39 is 16.8 Å². The topological polar surface area (TPSA) is 108 Å². The molecule has 1 heterocycles. The number of nitrogens with zero attached hydrogens (tertiary/aromatic N) is 1. The second kappa shape index (κ2) is 10.7. The van der Waals surface area contributed by atoms with Gasteiger partial charge in [-0.3, -0.25) is 14.9 Å². The quantitative estimate of drug-likeness (QED) is 0.226. The number of rotatable bonds is 8. The van der Waals surface area contributed by atoms with Crippen LogP contribution in [0.25, 0.3) is 11.1 Å². The van der Waals surface area contributed by atoms with E-state index in [9.17, 15) is 19.7 Å². The predicted molar refractivity (Wildman–Crippen MR) is 132 cm³/mol. The molecule has 0 aliphatic rings. The Bertz CT molecular complexity index is 1230. The molecule has 0 bridgehead atoms. The van der Waals surface area contributed by atoms with Gasteiger partial charge in [-0.05, 0) is 68.7 Å². The van der Waals surface area contributed by atoms with Crippen LogP contribution in [0, 0.1) is 30.9 Å². The second-order valence-corrected chi connectivity index (χ2v) is 9.07. The summed E-state index contributed by atoms with van der Waals surface area (Å²) in [5, 5.41) is 14.7. The number of benzene rings is 2. The number of ether oxygens (including phenoxy) is 2. The molecular weight excluding hydrogens is 480 g/mol. The Hall–Kier alpha value is -3.43. The van der Waals surface area contributed by atoms with Crippen LogP contribution >= 0.6 is 22.9 Å². The number of thiophene rings is 1. The zero-order valence-electron chi connectivity index (χ0n) is 19.1. The fourth-order valence-electron chi connectivity index (χ4n) is 3.43. The number of aryl methyl sites for hydroxylation is 3. The predicted octanol–water partition coefficient (Wildman–Crippen LogP) is 6.10. The largest absolute Gasteiger partial charge is 0.484 e. The minimum absolute atomic E-state index is 0.0623. The van der Waals surface area contributed by atoms with Gasteiger partial charge in [0.05, 0.1) is 11.5 Å². The average Bonchev–Trinajstić information content (AvgIpc) is 3.11. The van der Waals surface area contributed by atoms with Gasteiger partial charge in [0, 0.05) is 27.6 Å². The molecule has 0 atom stereocenters. The molecule has 0 radical (unpaired) electrons. The van der Waals surface area contributed by atoms with Crippen molar-refractivity contribution in [1.29, 1.82) is 0 Å². The summed E-state index contributed by atoms with van der Waals surface area (Å²) in [7, 11) is 0. The van der Waals surface area contributed by atoms with Crippen LogP contribution in [0.4, 0.5) is 10.7 Å². The van der Waals surface area contributed by atoms with E-state index in [4.69, 9.17) is 21.1 Å². The number of carbonyl (C=O) groups is 2. The molecule has 0 aliphatic heterocycles. The van der Waals surface area contributed by atoms with Gasteiger partial charge in [0.15, 0.2) is 6.61 Å². The molecule has 2 aromatic carbocycles. The highest BCUT2D eigenvalue weighted by molar-refractivity contribution is 7.17. The third-order valence-corrected chi connectivity index (χ3v) is 6.58. The SMILES string of the molecule is CCOC(=O)c1c(NC(=O)COc2cc(C)c(Cl)c(C)c2)sc(C)c1-c1ccc([N+](=O)[O-])cc1. The van der Waals surface area contributed by atoms with Crippen molar-refractivity contribution in [3.05, 3.63) is 73.1 Å². The third-order valence-electron chi connectivity index (χ3n) is 4.96.